The van der Waals surface area contributed by atoms with E-state index < -0.39 is 0 Å². The second-order valence-electron chi connectivity index (χ2n) is 4.24. The minimum atomic E-state index is 0.00602. The fraction of sp³-hybridized carbons (Fsp3) is 0.538. The average molecular weight is 336 g/mol. The molecule has 0 saturated heterocycles. The number of rotatable bonds is 7. The van der Waals surface area contributed by atoms with E-state index in [0.717, 1.165) is 22.9 Å². The van der Waals surface area contributed by atoms with Crippen molar-refractivity contribution in [3.63, 3.8) is 0 Å². The predicted octanol–water partition coefficient (Wildman–Crippen LogP) is 2.85. The summed E-state index contributed by atoms with van der Waals surface area (Å²) in [6, 6.07) is 6.01. The summed E-state index contributed by atoms with van der Waals surface area (Å²) in [4.78, 5) is 0. The van der Waals surface area contributed by atoms with E-state index in [-0.39, 0.29) is 18.7 Å². The van der Waals surface area contributed by atoms with E-state index in [1.54, 1.807) is 0 Å². The Balaban J connectivity index is 2.84. The maximum atomic E-state index is 9.02. The van der Waals surface area contributed by atoms with Crippen molar-refractivity contribution < 1.29 is 5.11 Å². The maximum absolute atomic E-state index is 9.02. The van der Waals surface area contributed by atoms with Gasteiger partial charge >= 0.3 is 0 Å². The molecule has 2 unspecified atom stereocenters. The molecule has 0 amide bonds. The highest BCUT2D eigenvalue weighted by atomic mass is 79.9. The molecule has 3 nitrogen and oxygen atoms in total. The Bertz CT molecular complexity index is 376. The largest absolute Gasteiger partial charge is 0.396 e. The highest BCUT2D eigenvalue weighted by Crippen LogP contribution is 2.26. The van der Waals surface area contributed by atoms with Crippen LogP contribution < -0.4 is 11.1 Å². The number of aliphatic hydroxyl groups is 1. The molecule has 0 bridgehead atoms. The molecule has 1 rings (SSSR count). The molecule has 0 saturated carbocycles. The van der Waals surface area contributed by atoms with Crippen molar-refractivity contribution in [3.05, 3.63) is 33.3 Å². The minimum Gasteiger partial charge on any atom is -0.396 e. The monoisotopic (exact) mass is 334 g/mol. The Kier molecular flexibility index (Phi) is 7.19. The van der Waals surface area contributed by atoms with Crippen molar-refractivity contribution in [3.8, 4) is 0 Å². The smallest absolute Gasteiger partial charge is 0.0461 e. The van der Waals surface area contributed by atoms with Crippen LogP contribution in [0.5, 0.6) is 0 Å². The second-order valence-corrected chi connectivity index (χ2v) is 5.56. The summed E-state index contributed by atoms with van der Waals surface area (Å²) in [7, 11) is 0. The number of nitrogens with one attached hydrogen (secondary N) is 1. The first-order chi connectivity index (χ1) is 8.62. The summed E-state index contributed by atoms with van der Waals surface area (Å²) in [5.74, 6) is 0. The van der Waals surface area contributed by atoms with Crippen LogP contribution in [0.2, 0.25) is 5.02 Å². The third-order valence-electron chi connectivity index (χ3n) is 2.98. The first-order valence-corrected chi connectivity index (χ1v) is 7.31. The van der Waals surface area contributed by atoms with Crippen LogP contribution in [-0.2, 0) is 0 Å². The van der Waals surface area contributed by atoms with Gasteiger partial charge in [-0.25, -0.2) is 0 Å². The lowest BCUT2D eigenvalue weighted by Gasteiger charge is -2.25. The molecule has 0 fully saturated rings. The van der Waals surface area contributed by atoms with Crippen LogP contribution in [0, 0.1) is 0 Å². The molecule has 1 aromatic rings. The lowest BCUT2D eigenvalue weighted by Crippen LogP contribution is -2.37. The maximum Gasteiger partial charge on any atom is 0.0461 e. The van der Waals surface area contributed by atoms with Crippen LogP contribution in [0.15, 0.2) is 22.7 Å². The molecular weight excluding hydrogens is 316 g/mol. The van der Waals surface area contributed by atoms with E-state index in [4.69, 9.17) is 22.4 Å². The van der Waals surface area contributed by atoms with E-state index in [1.165, 1.54) is 0 Å². The van der Waals surface area contributed by atoms with Crippen LogP contribution in [-0.4, -0.2) is 24.3 Å². The SMILES string of the molecule is CCC(CCO)NC(CN)c1cc(Br)ccc1Cl. The molecule has 0 spiro atoms. The summed E-state index contributed by atoms with van der Waals surface area (Å²) < 4.78 is 0.984. The molecule has 0 radical (unpaired) electrons. The summed E-state index contributed by atoms with van der Waals surface area (Å²) in [6.07, 6.45) is 1.67. The Labute approximate surface area is 122 Å². The molecular formula is C13H20BrClN2O. The Hall–Kier alpha value is -0.130. The molecule has 18 heavy (non-hydrogen) atoms. The van der Waals surface area contributed by atoms with E-state index in [2.05, 4.69) is 28.2 Å². The topological polar surface area (TPSA) is 58.3 Å². The van der Waals surface area contributed by atoms with Gasteiger partial charge in [0.25, 0.3) is 0 Å². The highest BCUT2D eigenvalue weighted by Gasteiger charge is 2.17. The lowest BCUT2D eigenvalue weighted by atomic mass is 10.0. The van der Waals surface area contributed by atoms with Crippen LogP contribution in [0.4, 0.5) is 0 Å². The molecule has 5 heteroatoms. The minimum absolute atomic E-state index is 0.00602. The van der Waals surface area contributed by atoms with Crippen molar-refractivity contribution in [1.82, 2.24) is 5.32 Å². The zero-order chi connectivity index (χ0) is 13.5. The summed E-state index contributed by atoms with van der Waals surface area (Å²) in [5, 5.41) is 13.2. The third kappa shape index (κ3) is 4.52. The number of hydrogen-bond acceptors (Lipinski definition) is 3. The number of aliphatic hydroxyl groups excluding tert-OH is 1. The summed E-state index contributed by atoms with van der Waals surface area (Å²) in [6.45, 7) is 2.73. The fourth-order valence-electron chi connectivity index (χ4n) is 1.91. The highest BCUT2D eigenvalue weighted by molar-refractivity contribution is 9.10. The molecule has 0 aliphatic heterocycles. The van der Waals surface area contributed by atoms with Gasteiger partial charge in [-0.2, -0.15) is 0 Å². The van der Waals surface area contributed by atoms with Gasteiger partial charge < -0.3 is 16.2 Å². The second kappa shape index (κ2) is 8.12. The number of benzene rings is 1. The average Bonchev–Trinajstić information content (AvgIpc) is 2.37. The quantitative estimate of drug-likeness (QED) is 0.718. The zero-order valence-corrected chi connectivity index (χ0v) is 12.8. The van der Waals surface area contributed by atoms with Gasteiger partial charge in [0.15, 0.2) is 0 Å². The van der Waals surface area contributed by atoms with Gasteiger partial charge in [-0.05, 0) is 36.6 Å². The van der Waals surface area contributed by atoms with Crippen molar-refractivity contribution in [2.45, 2.75) is 31.8 Å². The zero-order valence-electron chi connectivity index (χ0n) is 10.5. The fourth-order valence-corrected chi connectivity index (χ4v) is 2.54. The van der Waals surface area contributed by atoms with Crippen LogP contribution in [0.25, 0.3) is 0 Å². The molecule has 4 N–H and O–H groups in total. The molecule has 0 heterocycles. The van der Waals surface area contributed by atoms with Crippen molar-refractivity contribution >= 4 is 27.5 Å². The van der Waals surface area contributed by atoms with Gasteiger partial charge in [0.2, 0.25) is 0 Å². The van der Waals surface area contributed by atoms with Crippen molar-refractivity contribution in [1.29, 1.82) is 0 Å². The van der Waals surface area contributed by atoms with E-state index >= 15 is 0 Å². The Morgan fingerprint density at radius 1 is 1.50 bits per heavy atom. The predicted molar refractivity (Wildman–Crippen MR) is 79.9 cm³/mol. The normalized spacial score (nSPS) is 14.5. The Morgan fingerprint density at radius 2 is 2.22 bits per heavy atom. The van der Waals surface area contributed by atoms with Gasteiger partial charge in [0, 0.05) is 34.7 Å². The third-order valence-corrected chi connectivity index (χ3v) is 3.81. The van der Waals surface area contributed by atoms with Gasteiger partial charge in [-0.1, -0.05) is 34.5 Å². The van der Waals surface area contributed by atoms with Gasteiger partial charge in [-0.3, -0.25) is 0 Å². The number of hydrogen-bond donors (Lipinski definition) is 3. The Morgan fingerprint density at radius 3 is 2.78 bits per heavy atom. The summed E-state index contributed by atoms with van der Waals surface area (Å²) in [5.41, 5.74) is 6.81. The van der Waals surface area contributed by atoms with E-state index in [0.29, 0.717) is 11.6 Å². The van der Waals surface area contributed by atoms with E-state index in [1.807, 2.05) is 18.2 Å². The van der Waals surface area contributed by atoms with Gasteiger partial charge in [-0.15, -0.1) is 0 Å². The summed E-state index contributed by atoms with van der Waals surface area (Å²) >= 11 is 9.65. The van der Waals surface area contributed by atoms with Crippen LogP contribution in [0.1, 0.15) is 31.4 Å². The van der Waals surface area contributed by atoms with Crippen molar-refractivity contribution in [2.75, 3.05) is 13.2 Å². The first-order valence-electron chi connectivity index (χ1n) is 6.14. The molecule has 0 aromatic heterocycles. The molecule has 0 aliphatic rings. The van der Waals surface area contributed by atoms with E-state index in [9.17, 15) is 0 Å². The first kappa shape index (κ1) is 15.9. The number of nitrogens with two attached hydrogens (primary N) is 1. The molecule has 102 valence electrons. The van der Waals surface area contributed by atoms with Crippen molar-refractivity contribution in [2.24, 2.45) is 5.73 Å². The van der Waals surface area contributed by atoms with Crippen LogP contribution in [0.3, 0.4) is 0 Å². The molecule has 1 aromatic carbocycles. The number of halogens is 2. The lowest BCUT2D eigenvalue weighted by molar-refractivity contribution is 0.256. The standard InChI is InChI=1S/C13H20BrClN2O/c1-2-10(5-6-18)17-13(8-16)11-7-9(14)3-4-12(11)15/h3-4,7,10,13,17-18H,2,5-6,8,16H2,1H3. The molecule has 0 aliphatic carbocycles. The van der Waals surface area contributed by atoms with Gasteiger partial charge in [0.1, 0.15) is 0 Å². The van der Waals surface area contributed by atoms with Gasteiger partial charge in [0.05, 0.1) is 0 Å². The van der Waals surface area contributed by atoms with Crippen LogP contribution >= 0.6 is 27.5 Å². The molecule has 2 atom stereocenters.